The first-order chi connectivity index (χ1) is 14.2. The third-order valence-corrected chi connectivity index (χ3v) is 4.08. The van der Waals surface area contributed by atoms with Crippen LogP contribution >= 0.6 is 0 Å². The summed E-state index contributed by atoms with van der Waals surface area (Å²) in [5, 5.41) is 6.39. The van der Waals surface area contributed by atoms with Crippen LogP contribution in [0.2, 0.25) is 0 Å². The molecule has 6 heteroatoms. The predicted octanol–water partition coefficient (Wildman–Crippen LogP) is 6.20. The number of halogens is 1. The fourth-order valence-electron chi connectivity index (χ4n) is 2.76. The molecule has 0 spiro atoms. The molecule has 0 amide bonds. The molecule has 4 aromatic rings. The molecule has 0 fully saturated rings. The maximum Gasteiger partial charge on any atom is 0.229 e. The number of rotatable bonds is 6. The zero-order valence-corrected chi connectivity index (χ0v) is 15.8. The van der Waals surface area contributed by atoms with Crippen LogP contribution in [0, 0.1) is 12.7 Å². The lowest BCUT2D eigenvalue weighted by molar-refractivity contribution is 0.485. The third-order valence-electron chi connectivity index (χ3n) is 4.08. The minimum absolute atomic E-state index is 0.285. The summed E-state index contributed by atoms with van der Waals surface area (Å²) >= 11 is 0. The number of hydrogen-bond donors (Lipinski definition) is 2. The van der Waals surface area contributed by atoms with Gasteiger partial charge in [0.25, 0.3) is 0 Å². The molecular weight excluding hydrogens is 367 g/mol. The summed E-state index contributed by atoms with van der Waals surface area (Å²) in [5.41, 5.74) is 2.27. The average molecular weight is 386 g/mol. The Hall–Kier alpha value is -3.93. The van der Waals surface area contributed by atoms with Crippen LogP contribution in [0.3, 0.4) is 0 Å². The summed E-state index contributed by atoms with van der Waals surface area (Å²) in [7, 11) is 0. The van der Waals surface area contributed by atoms with E-state index in [4.69, 9.17) is 4.74 Å². The van der Waals surface area contributed by atoms with Crippen molar-refractivity contribution in [3.63, 3.8) is 0 Å². The van der Waals surface area contributed by atoms with Crippen molar-refractivity contribution >= 4 is 23.1 Å². The zero-order valence-electron chi connectivity index (χ0n) is 15.8. The topological polar surface area (TPSA) is 59.1 Å². The Bertz CT molecular complexity index is 1100. The molecule has 3 aromatic carbocycles. The first-order valence-electron chi connectivity index (χ1n) is 9.13. The summed E-state index contributed by atoms with van der Waals surface area (Å²) < 4.78 is 19.1. The minimum atomic E-state index is -0.285. The second-order valence-corrected chi connectivity index (χ2v) is 6.39. The monoisotopic (exact) mass is 386 g/mol. The van der Waals surface area contributed by atoms with E-state index in [1.807, 2.05) is 67.6 Å². The molecule has 0 aliphatic carbocycles. The lowest BCUT2D eigenvalue weighted by Crippen LogP contribution is -2.03. The third kappa shape index (κ3) is 4.87. The molecule has 1 aromatic heterocycles. The zero-order chi connectivity index (χ0) is 20.1. The fourth-order valence-corrected chi connectivity index (χ4v) is 2.76. The van der Waals surface area contributed by atoms with Crippen molar-refractivity contribution in [3.05, 3.63) is 96.4 Å². The van der Waals surface area contributed by atoms with E-state index in [0.717, 1.165) is 22.8 Å². The smallest absolute Gasteiger partial charge is 0.229 e. The maximum atomic E-state index is 13.1. The van der Waals surface area contributed by atoms with Crippen molar-refractivity contribution in [2.45, 2.75) is 6.92 Å². The van der Waals surface area contributed by atoms with Gasteiger partial charge < -0.3 is 15.4 Å². The highest BCUT2D eigenvalue weighted by Crippen LogP contribution is 2.31. The normalized spacial score (nSPS) is 10.4. The van der Waals surface area contributed by atoms with Gasteiger partial charge in [0.15, 0.2) is 5.75 Å². The van der Waals surface area contributed by atoms with Crippen molar-refractivity contribution in [3.8, 4) is 11.5 Å². The molecule has 1 heterocycles. The van der Waals surface area contributed by atoms with Crippen molar-refractivity contribution in [2.24, 2.45) is 0 Å². The van der Waals surface area contributed by atoms with E-state index < -0.39 is 0 Å². The molecule has 0 saturated carbocycles. The molecule has 2 N–H and O–H groups in total. The largest absolute Gasteiger partial charge is 0.455 e. The van der Waals surface area contributed by atoms with E-state index in [1.165, 1.54) is 12.1 Å². The highest BCUT2D eigenvalue weighted by molar-refractivity contribution is 5.65. The van der Waals surface area contributed by atoms with Crippen LogP contribution in [0.4, 0.5) is 27.5 Å². The Labute approximate surface area is 168 Å². The van der Waals surface area contributed by atoms with Crippen LogP contribution in [0.25, 0.3) is 0 Å². The van der Waals surface area contributed by atoms with E-state index in [-0.39, 0.29) is 5.82 Å². The molecule has 144 valence electrons. The summed E-state index contributed by atoms with van der Waals surface area (Å²) in [4.78, 5) is 8.97. The summed E-state index contributed by atoms with van der Waals surface area (Å²) in [5.74, 6) is 2.15. The molecule has 0 unspecified atom stereocenters. The van der Waals surface area contributed by atoms with Gasteiger partial charge in [0, 0.05) is 17.4 Å². The number of nitrogens with one attached hydrogen (secondary N) is 2. The van der Waals surface area contributed by atoms with Crippen molar-refractivity contribution in [1.29, 1.82) is 0 Å². The van der Waals surface area contributed by atoms with Crippen LogP contribution < -0.4 is 15.4 Å². The lowest BCUT2D eigenvalue weighted by atomic mass is 10.3. The van der Waals surface area contributed by atoms with Crippen molar-refractivity contribution in [1.82, 2.24) is 9.97 Å². The minimum Gasteiger partial charge on any atom is -0.455 e. The van der Waals surface area contributed by atoms with Gasteiger partial charge in [0.05, 0.1) is 5.69 Å². The van der Waals surface area contributed by atoms with Gasteiger partial charge in [0.1, 0.15) is 17.4 Å². The number of ether oxygens (including phenoxy) is 1. The van der Waals surface area contributed by atoms with Crippen LogP contribution in [-0.2, 0) is 0 Å². The van der Waals surface area contributed by atoms with E-state index >= 15 is 0 Å². The number of anilines is 4. The molecule has 0 aliphatic heterocycles. The standard InChI is InChI=1S/C23H19FN4O/c1-16-15-22(26-18-13-11-17(24)12-14-18)28-23(25-16)27-20-9-5-6-10-21(20)29-19-7-3-2-4-8-19/h2-15H,1H3,(H2,25,26,27,28). The summed E-state index contributed by atoms with van der Waals surface area (Å²) in [6, 6.07) is 25.1. The second kappa shape index (κ2) is 8.39. The van der Waals surface area contributed by atoms with Gasteiger partial charge in [-0.1, -0.05) is 30.3 Å². The molecule has 4 rings (SSSR count). The van der Waals surface area contributed by atoms with Crippen molar-refractivity contribution < 1.29 is 9.13 Å². The molecule has 0 atom stereocenters. The van der Waals surface area contributed by atoms with Gasteiger partial charge in [-0.25, -0.2) is 9.37 Å². The molecule has 0 aliphatic rings. The Balaban J connectivity index is 1.57. The summed E-state index contributed by atoms with van der Waals surface area (Å²) in [6.07, 6.45) is 0. The number of benzene rings is 3. The molecule has 5 nitrogen and oxygen atoms in total. The van der Waals surface area contributed by atoms with E-state index in [0.29, 0.717) is 17.5 Å². The summed E-state index contributed by atoms with van der Waals surface area (Å²) in [6.45, 7) is 1.88. The van der Waals surface area contributed by atoms with E-state index in [1.54, 1.807) is 12.1 Å². The molecule has 0 saturated heterocycles. The highest BCUT2D eigenvalue weighted by atomic mass is 19.1. The van der Waals surface area contributed by atoms with Crippen molar-refractivity contribution in [2.75, 3.05) is 10.6 Å². The Kier molecular flexibility index (Phi) is 5.33. The number of para-hydroxylation sites is 3. The number of aromatic nitrogens is 2. The first kappa shape index (κ1) is 18.4. The first-order valence-corrected chi connectivity index (χ1v) is 9.13. The Morgan fingerprint density at radius 1 is 0.793 bits per heavy atom. The van der Waals surface area contributed by atoms with E-state index in [2.05, 4.69) is 20.6 Å². The Morgan fingerprint density at radius 3 is 2.31 bits per heavy atom. The van der Waals surface area contributed by atoms with Gasteiger partial charge in [-0.3, -0.25) is 0 Å². The number of aryl methyl sites for hydroxylation is 1. The molecule has 0 bridgehead atoms. The number of nitrogens with zero attached hydrogens (tertiary/aromatic N) is 2. The Morgan fingerprint density at radius 2 is 1.52 bits per heavy atom. The quantitative estimate of drug-likeness (QED) is 0.413. The molecule has 0 radical (unpaired) electrons. The SMILES string of the molecule is Cc1cc(Nc2ccc(F)cc2)nc(Nc2ccccc2Oc2ccccc2)n1. The second-order valence-electron chi connectivity index (χ2n) is 6.39. The van der Waals surface area contributed by atoms with Gasteiger partial charge in [-0.15, -0.1) is 0 Å². The predicted molar refractivity (Wildman–Crippen MR) is 113 cm³/mol. The van der Waals surface area contributed by atoms with Gasteiger partial charge in [0.2, 0.25) is 5.95 Å². The van der Waals surface area contributed by atoms with Crippen LogP contribution in [0.5, 0.6) is 11.5 Å². The molecular formula is C23H19FN4O. The van der Waals surface area contributed by atoms with Gasteiger partial charge in [-0.2, -0.15) is 4.98 Å². The molecule has 29 heavy (non-hydrogen) atoms. The van der Waals surface area contributed by atoms with E-state index in [9.17, 15) is 4.39 Å². The fraction of sp³-hybridized carbons (Fsp3) is 0.0435. The maximum absolute atomic E-state index is 13.1. The highest BCUT2D eigenvalue weighted by Gasteiger charge is 2.08. The van der Waals surface area contributed by atoms with Gasteiger partial charge in [-0.05, 0) is 55.5 Å². The average Bonchev–Trinajstić information content (AvgIpc) is 2.72. The van der Waals surface area contributed by atoms with Crippen LogP contribution in [0.15, 0.2) is 84.9 Å². The van der Waals surface area contributed by atoms with Crippen LogP contribution in [0.1, 0.15) is 5.69 Å². The van der Waals surface area contributed by atoms with Crippen LogP contribution in [-0.4, -0.2) is 9.97 Å². The lowest BCUT2D eigenvalue weighted by Gasteiger charge is -2.13. The van der Waals surface area contributed by atoms with Gasteiger partial charge >= 0.3 is 0 Å². The number of hydrogen-bond acceptors (Lipinski definition) is 5.